The largest absolute Gasteiger partial charge is 0.482 e. The summed E-state index contributed by atoms with van der Waals surface area (Å²) in [6.45, 7) is 0.925. The summed E-state index contributed by atoms with van der Waals surface area (Å²) < 4.78 is 22.7. The van der Waals surface area contributed by atoms with Gasteiger partial charge >= 0.3 is 5.97 Å². The zero-order chi connectivity index (χ0) is 18.9. The van der Waals surface area contributed by atoms with Crippen molar-refractivity contribution in [3.63, 3.8) is 0 Å². The molecule has 6 nitrogen and oxygen atoms in total. The van der Waals surface area contributed by atoms with Crippen molar-refractivity contribution in [3.05, 3.63) is 59.9 Å². The Balaban J connectivity index is 1.77. The van der Waals surface area contributed by atoms with Crippen LogP contribution in [0.3, 0.4) is 0 Å². The van der Waals surface area contributed by atoms with Gasteiger partial charge in [0, 0.05) is 17.7 Å². The highest BCUT2D eigenvalue weighted by Gasteiger charge is 2.11. The SMILES string of the molecule is CCC(=O)Nc1ccc(C(=O)COC(=O)COc2ccc(F)cc2)cc1. The Kier molecular flexibility index (Phi) is 6.84. The average Bonchev–Trinajstić information content (AvgIpc) is 2.66. The minimum Gasteiger partial charge on any atom is -0.482 e. The Hall–Kier alpha value is -3.22. The van der Waals surface area contributed by atoms with Crippen LogP contribution in [0.2, 0.25) is 0 Å². The van der Waals surface area contributed by atoms with E-state index in [0.29, 0.717) is 23.4 Å². The third kappa shape index (κ3) is 6.01. The molecule has 0 spiro atoms. The monoisotopic (exact) mass is 359 g/mol. The lowest BCUT2D eigenvalue weighted by Gasteiger charge is -2.07. The van der Waals surface area contributed by atoms with Crippen molar-refractivity contribution in [2.24, 2.45) is 0 Å². The molecule has 0 radical (unpaired) electrons. The van der Waals surface area contributed by atoms with Gasteiger partial charge in [-0.2, -0.15) is 0 Å². The molecule has 0 atom stereocenters. The summed E-state index contributed by atoms with van der Waals surface area (Å²) in [5.74, 6) is -1.31. The van der Waals surface area contributed by atoms with Crippen LogP contribution in [0.15, 0.2) is 48.5 Å². The number of ketones is 1. The molecule has 0 fully saturated rings. The van der Waals surface area contributed by atoms with Gasteiger partial charge in [0.1, 0.15) is 11.6 Å². The molecule has 0 saturated carbocycles. The lowest BCUT2D eigenvalue weighted by Crippen LogP contribution is -2.19. The first-order valence-corrected chi connectivity index (χ1v) is 7.95. The van der Waals surface area contributed by atoms with E-state index in [1.54, 1.807) is 19.1 Å². The molecule has 26 heavy (non-hydrogen) atoms. The Morgan fingerprint density at radius 1 is 0.962 bits per heavy atom. The predicted octanol–water partition coefficient (Wildman–Crippen LogP) is 2.98. The Labute approximate surface area is 149 Å². The summed E-state index contributed by atoms with van der Waals surface area (Å²) >= 11 is 0. The van der Waals surface area contributed by atoms with E-state index in [2.05, 4.69) is 5.32 Å². The van der Waals surface area contributed by atoms with Crippen LogP contribution >= 0.6 is 0 Å². The fraction of sp³-hybridized carbons (Fsp3) is 0.211. The van der Waals surface area contributed by atoms with Gasteiger partial charge in [0.05, 0.1) is 0 Å². The number of esters is 1. The fourth-order valence-corrected chi connectivity index (χ4v) is 1.93. The summed E-state index contributed by atoms with van der Waals surface area (Å²) in [7, 11) is 0. The maximum absolute atomic E-state index is 12.8. The molecular weight excluding hydrogens is 341 g/mol. The molecule has 0 heterocycles. The van der Waals surface area contributed by atoms with Crippen molar-refractivity contribution in [2.45, 2.75) is 13.3 Å². The molecule has 0 aliphatic rings. The quantitative estimate of drug-likeness (QED) is 0.579. The predicted molar refractivity (Wildman–Crippen MR) is 92.5 cm³/mol. The molecular formula is C19H18FNO5. The van der Waals surface area contributed by atoms with Gasteiger partial charge in [0.25, 0.3) is 0 Å². The minimum absolute atomic E-state index is 0.126. The molecule has 136 valence electrons. The van der Waals surface area contributed by atoms with E-state index in [0.717, 1.165) is 0 Å². The highest BCUT2D eigenvalue weighted by Crippen LogP contribution is 2.12. The molecule has 7 heteroatoms. The zero-order valence-electron chi connectivity index (χ0n) is 14.2. The van der Waals surface area contributed by atoms with Crippen LogP contribution < -0.4 is 10.1 Å². The van der Waals surface area contributed by atoms with Crippen LogP contribution in [0, 0.1) is 5.82 Å². The topological polar surface area (TPSA) is 81.7 Å². The number of halogens is 1. The van der Waals surface area contributed by atoms with Gasteiger partial charge in [-0.1, -0.05) is 6.92 Å². The molecule has 0 aliphatic heterocycles. The number of rotatable bonds is 8. The van der Waals surface area contributed by atoms with Crippen LogP contribution in [0.5, 0.6) is 5.75 Å². The molecule has 2 aromatic rings. The number of hydrogen-bond acceptors (Lipinski definition) is 5. The maximum Gasteiger partial charge on any atom is 0.344 e. The number of anilines is 1. The summed E-state index contributed by atoms with van der Waals surface area (Å²) in [6, 6.07) is 11.4. The van der Waals surface area contributed by atoms with Crippen molar-refractivity contribution in [2.75, 3.05) is 18.5 Å². The van der Waals surface area contributed by atoms with Crippen LogP contribution in [0.1, 0.15) is 23.7 Å². The van der Waals surface area contributed by atoms with Crippen molar-refractivity contribution in [1.29, 1.82) is 0 Å². The number of nitrogens with one attached hydrogen (secondary N) is 1. The second-order valence-electron chi connectivity index (χ2n) is 5.31. The number of amides is 1. The number of Topliss-reactive ketones (excluding diaryl/α,β-unsaturated/α-hetero) is 1. The van der Waals surface area contributed by atoms with Gasteiger partial charge in [-0.3, -0.25) is 9.59 Å². The third-order valence-electron chi connectivity index (χ3n) is 3.35. The number of hydrogen-bond donors (Lipinski definition) is 1. The van der Waals surface area contributed by atoms with E-state index >= 15 is 0 Å². The lowest BCUT2D eigenvalue weighted by molar-refractivity contribution is -0.144. The van der Waals surface area contributed by atoms with E-state index in [9.17, 15) is 18.8 Å². The second kappa shape index (κ2) is 9.31. The number of carbonyl (C=O) groups is 3. The molecule has 0 unspecified atom stereocenters. The minimum atomic E-state index is -0.713. The van der Waals surface area contributed by atoms with Gasteiger partial charge in [-0.25, -0.2) is 9.18 Å². The first kappa shape index (κ1) is 19.1. The molecule has 1 amide bonds. The van der Waals surface area contributed by atoms with Crippen molar-refractivity contribution in [1.82, 2.24) is 0 Å². The number of ether oxygens (including phenoxy) is 2. The molecule has 2 aromatic carbocycles. The highest BCUT2D eigenvalue weighted by atomic mass is 19.1. The third-order valence-corrected chi connectivity index (χ3v) is 3.35. The van der Waals surface area contributed by atoms with Crippen molar-refractivity contribution >= 4 is 23.3 Å². The molecule has 2 rings (SSSR count). The van der Waals surface area contributed by atoms with Crippen LogP contribution in [-0.2, 0) is 14.3 Å². The van der Waals surface area contributed by atoms with E-state index < -0.39 is 18.4 Å². The van der Waals surface area contributed by atoms with Crippen LogP contribution in [-0.4, -0.2) is 30.9 Å². The molecule has 0 aliphatic carbocycles. The number of carbonyl (C=O) groups excluding carboxylic acids is 3. The molecule has 0 aromatic heterocycles. The van der Waals surface area contributed by atoms with E-state index in [-0.39, 0.29) is 18.3 Å². The maximum atomic E-state index is 12.8. The Morgan fingerprint density at radius 2 is 1.62 bits per heavy atom. The second-order valence-corrected chi connectivity index (χ2v) is 5.31. The molecule has 1 N–H and O–H groups in total. The van der Waals surface area contributed by atoms with E-state index in [1.165, 1.54) is 36.4 Å². The van der Waals surface area contributed by atoms with Gasteiger partial charge in [-0.05, 0) is 48.5 Å². The highest BCUT2D eigenvalue weighted by molar-refractivity contribution is 5.98. The first-order valence-electron chi connectivity index (χ1n) is 7.95. The van der Waals surface area contributed by atoms with Crippen molar-refractivity contribution in [3.8, 4) is 5.75 Å². The summed E-state index contributed by atoms with van der Waals surface area (Å²) in [4.78, 5) is 34.9. The summed E-state index contributed by atoms with van der Waals surface area (Å²) in [5, 5.41) is 2.67. The van der Waals surface area contributed by atoms with Gasteiger partial charge in [-0.15, -0.1) is 0 Å². The van der Waals surface area contributed by atoms with Gasteiger partial charge < -0.3 is 14.8 Å². The van der Waals surface area contributed by atoms with E-state index in [1.807, 2.05) is 0 Å². The van der Waals surface area contributed by atoms with Gasteiger partial charge in [0.15, 0.2) is 19.0 Å². The zero-order valence-corrected chi connectivity index (χ0v) is 14.2. The molecule has 0 bridgehead atoms. The van der Waals surface area contributed by atoms with Crippen molar-refractivity contribution < 1.29 is 28.2 Å². The Bertz CT molecular complexity index is 772. The smallest absolute Gasteiger partial charge is 0.344 e. The Morgan fingerprint density at radius 3 is 2.23 bits per heavy atom. The summed E-state index contributed by atoms with van der Waals surface area (Å²) in [5.41, 5.74) is 0.935. The fourth-order valence-electron chi connectivity index (χ4n) is 1.93. The molecule has 0 saturated heterocycles. The lowest BCUT2D eigenvalue weighted by atomic mass is 10.1. The average molecular weight is 359 g/mol. The van der Waals surface area contributed by atoms with Crippen LogP contribution in [0.25, 0.3) is 0 Å². The normalized spacial score (nSPS) is 10.1. The van der Waals surface area contributed by atoms with Crippen LogP contribution in [0.4, 0.5) is 10.1 Å². The van der Waals surface area contributed by atoms with E-state index in [4.69, 9.17) is 9.47 Å². The standard InChI is InChI=1S/C19H18FNO5/c1-2-18(23)21-15-7-3-13(4-8-15)17(22)11-26-19(24)12-25-16-9-5-14(20)6-10-16/h3-10H,2,11-12H2,1H3,(H,21,23). The first-order chi connectivity index (χ1) is 12.5. The number of benzene rings is 2. The summed E-state index contributed by atoms with van der Waals surface area (Å²) in [6.07, 6.45) is 0.358. The van der Waals surface area contributed by atoms with Gasteiger partial charge in [0.2, 0.25) is 5.91 Å².